The number of carbonyl (C=O) groups excluding carboxylic acids is 1. The number of aryl methyl sites for hydroxylation is 1. The molecule has 2 aromatic rings. The molecule has 1 aliphatic carbocycles. The highest BCUT2D eigenvalue weighted by atomic mass is 35.5. The number of halogens is 4. The Hall–Kier alpha value is -1.67. The number of hydrogen-bond donors (Lipinski definition) is 0. The Morgan fingerprint density at radius 3 is 2.64 bits per heavy atom. The van der Waals surface area contributed by atoms with Crippen molar-refractivity contribution in [1.29, 1.82) is 0 Å². The van der Waals surface area contributed by atoms with E-state index in [1.807, 2.05) is 0 Å². The van der Waals surface area contributed by atoms with Gasteiger partial charge in [0, 0.05) is 20.0 Å². The first kappa shape index (κ1) is 18.1. The minimum absolute atomic E-state index is 0.0253. The van der Waals surface area contributed by atoms with E-state index in [9.17, 15) is 13.6 Å². The summed E-state index contributed by atoms with van der Waals surface area (Å²) in [6, 6.07) is 0. The Morgan fingerprint density at radius 1 is 1.44 bits per heavy atom. The number of likely N-dealkylation sites (N-methyl/N-ethyl adjacent to an activating group) is 1. The van der Waals surface area contributed by atoms with Gasteiger partial charge in [-0.15, -0.1) is 0 Å². The molecule has 2 aromatic heterocycles. The van der Waals surface area contributed by atoms with Crippen LogP contribution >= 0.6 is 23.2 Å². The van der Waals surface area contributed by atoms with Crippen LogP contribution in [0, 0.1) is 0 Å². The molecule has 10 heteroatoms. The van der Waals surface area contributed by atoms with Gasteiger partial charge in [0.25, 0.3) is 6.43 Å². The summed E-state index contributed by atoms with van der Waals surface area (Å²) in [5.74, 6) is -0.184. The topological polar surface area (TPSA) is 56.0 Å². The van der Waals surface area contributed by atoms with Crippen molar-refractivity contribution in [3.63, 3.8) is 0 Å². The van der Waals surface area contributed by atoms with Crippen LogP contribution in [0.25, 0.3) is 0 Å². The van der Waals surface area contributed by atoms with Crippen molar-refractivity contribution in [3.05, 3.63) is 33.3 Å². The second-order valence-corrected chi connectivity index (χ2v) is 6.91. The van der Waals surface area contributed by atoms with Crippen LogP contribution in [-0.2, 0) is 24.9 Å². The lowest BCUT2D eigenvalue weighted by molar-refractivity contribution is -0.131. The van der Waals surface area contributed by atoms with E-state index in [1.54, 1.807) is 18.8 Å². The van der Waals surface area contributed by atoms with E-state index in [4.69, 9.17) is 23.2 Å². The molecule has 2 heterocycles. The Labute approximate surface area is 153 Å². The monoisotopic (exact) mass is 391 g/mol. The summed E-state index contributed by atoms with van der Waals surface area (Å²) in [6.45, 7) is 0.105. The first-order valence-electron chi connectivity index (χ1n) is 7.74. The number of amides is 1. The van der Waals surface area contributed by atoms with Crippen LogP contribution in [-0.4, -0.2) is 37.4 Å². The number of carbonyl (C=O) groups is 1. The Morgan fingerprint density at radius 2 is 2.12 bits per heavy atom. The van der Waals surface area contributed by atoms with Crippen molar-refractivity contribution < 1.29 is 13.6 Å². The molecule has 0 spiro atoms. The second kappa shape index (κ2) is 6.92. The molecule has 1 saturated carbocycles. The molecule has 0 aromatic carbocycles. The number of aromatic nitrogens is 4. The van der Waals surface area contributed by atoms with Gasteiger partial charge in [0.15, 0.2) is 0 Å². The molecule has 136 valence electrons. The van der Waals surface area contributed by atoms with Gasteiger partial charge in [-0.25, -0.2) is 8.78 Å². The lowest BCUT2D eigenvalue weighted by atomic mass is 10.2. The Bertz CT molecular complexity index is 781. The summed E-state index contributed by atoms with van der Waals surface area (Å²) >= 11 is 12.1. The molecule has 1 amide bonds. The fourth-order valence-corrected chi connectivity index (χ4v) is 3.25. The van der Waals surface area contributed by atoms with Crippen LogP contribution in [0.4, 0.5) is 8.78 Å². The molecule has 0 unspecified atom stereocenters. The van der Waals surface area contributed by atoms with Gasteiger partial charge in [-0.2, -0.15) is 10.2 Å². The van der Waals surface area contributed by atoms with Crippen LogP contribution in [0.15, 0.2) is 6.20 Å². The lowest BCUT2D eigenvalue weighted by Gasteiger charge is -2.18. The first-order valence-corrected chi connectivity index (χ1v) is 8.49. The number of alkyl halides is 2. The molecule has 0 aliphatic heterocycles. The van der Waals surface area contributed by atoms with E-state index in [1.165, 1.54) is 15.8 Å². The highest BCUT2D eigenvalue weighted by molar-refractivity contribution is 6.32. The number of rotatable bonds is 6. The summed E-state index contributed by atoms with van der Waals surface area (Å²) in [5.41, 5.74) is 0.748. The normalized spacial score (nSPS) is 14.4. The maximum atomic E-state index is 13.1. The molecule has 0 bridgehead atoms. The smallest absolute Gasteiger partial charge is 0.283 e. The fourth-order valence-electron chi connectivity index (χ4n) is 2.65. The lowest BCUT2D eigenvalue weighted by Crippen LogP contribution is -2.31. The minimum Gasteiger partial charge on any atom is -0.338 e. The zero-order valence-electron chi connectivity index (χ0n) is 13.7. The van der Waals surface area contributed by atoms with Crippen molar-refractivity contribution in [2.75, 3.05) is 7.05 Å². The molecule has 0 atom stereocenters. The highest BCUT2D eigenvalue weighted by Crippen LogP contribution is 2.45. The molecule has 0 N–H and O–H groups in total. The van der Waals surface area contributed by atoms with Gasteiger partial charge in [0.1, 0.15) is 12.2 Å². The molecular weight excluding hydrogens is 375 g/mol. The van der Waals surface area contributed by atoms with Crippen LogP contribution in [0.3, 0.4) is 0 Å². The SMILES string of the molecule is CN(Cc1c(Cl)cnn1C)C(=O)Cn1nc(C(F)F)c(Cl)c1C1CC1. The van der Waals surface area contributed by atoms with Gasteiger partial charge in [-0.05, 0) is 12.8 Å². The number of nitrogens with zero attached hydrogens (tertiary/aromatic N) is 5. The van der Waals surface area contributed by atoms with Crippen molar-refractivity contribution in [1.82, 2.24) is 24.5 Å². The van der Waals surface area contributed by atoms with Crippen molar-refractivity contribution >= 4 is 29.1 Å². The summed E-state index contributed by atoms with van der Waals surface area (Å²) in [6.07, 6.45) is 0.459. The maximum Gasteiger partial charge on any atom is 0.283 e. The van der Waals surface area contributed by atoms with E-state index >= 15 is 0 Å². The molecule has 0 radical (unpaired) electrons. The third-order valence-corrected chi connectivity index (χ3v) is 4.94. The maximum absolute atomic E-state index is 13.1. The van der Waals surface area contributed by atoms with Gasteiger partial charge >= 0.3 is 0 Å². The van der Waals surface area contributed by atoms with E-state index in [0.29, 0.717) is 16.4 Å². The summed E-state index contributed by atoms with van der Waals surface area (Å²) in [5, 5.41) is 8.33. The summed E-state index contributed by atoms with van der Waals surface area (Å²) in [4.78, 5) is 14.0. The fraction of sp³-hybridized carbons (Fsp3) is 0.533. The second-order valence-electron chi connectivity index (χ2n) is 6.13. The molecule has 25 heavy (non-hydrogen) atoms. The van der Waals surface area contributed by atoms with Crippen LogP contribution in [0.2, 0.25) is 10.0 Å². The largest absolute Gasteiger partial charge is 0.338 e. The zero-order chi connectivity index (χ0) is 18.3. The van der Waals surface area contributed by atoms with Crippen molar-refractivity contribution in [2.45, 2.75) is 38.3 Å². The average molecular weight is 392 g/mol. The van der Waals surface area contributed by atoms with Gasteiger partial charge in [0.2, 0.25) is 5.91 Å². The van der Waals surface area contributed by atoms with E-state index in [-0.39, 0.29) is 29.9 Å². The third-order valence-electron chi connectivity index (χ3n) is 4.24. The predicted molar refractivity (Wildman–Crippen MR) is 88.9 cm³/mol. The predicted octanol–water partition coefficient (Wildman–Crippen LogP) is 3.40. The van der Waals surface area contributed by atoms with Gasteiger partial charge in [0.05, 0.1) is 34.2 Å². The highest BCUT2D eigenvalue weighted by Gasteiger charge is 2.34. The molecule has 6 nitrogen and oxygen atoms in total. The Kier molecular flexibility index (Phi) is 5.02. The summed E-state index contributed by atoms with van der Waals surface area (Å²) < 4.78 is 29.0. The minimum atomic E-state index is -2.77. The molecule has 0 saturated heterocycles. The van der Waals surface area contributed by atoms with Crippen molar-refractivity contribution in [3.8, 4) is 0 Å². The molecule has 1 fully saturated rings. The third kappa shape index (κ3) is 3.64. The number of hydrogen-bond acceptors (Lipinski definition) is 3. The zero-order valence-corrected chi connectivity index (χ0v) is 15.2. The van der Waals surface area contributed by atoms with E-state index < -0.39 is 12.1 Å². The standard InChI is InChI=1S/C15H17Cl2F2N5O/c1-22(6-10-9(16)5-20-23(10)2)11(25)7-24-14(8-3-4-8)12(17)13(21-24)15(18)19/h5,8,15H,3-4,6-7H2,1-2H3. The van der Waals surface area contributed by atoms with E-state index in [2.05, 4.69) is 10.2 Å². The van der Waals surface area contributed by atoms with Gasteiger partial charge in [-0.1, -0.05) is 23.2 Å². The Balaban J connectivity index is 1.77. The average Bonchev–Trinajstić information content (AvgIpc) is 3.26. The van der Waals surface area contributed by atoms with Crippen LogP contribution < -0.4 is 0 Å². The molecule has 1 aliphatic rings. The van der Waals surface area contributed by atoms with E-state index in [0.717, 1.165) is 12.8 Å². The van der Waals surface area contributed by atoms with Gasteiger partial charge in [-0.3, -0.25) is 14.2 Å². The van der Waals surface area contributed by atoms with Crippen molar-refractivity contribution in [2.24, 2.45) is 7.05 Å². The first-order chi connectivity index (χ1) is 11.8. The molecule has 3 rings (SSSR count). The molecular formula is C15H17Cl2F2N5O. The van der Waals surface area contributed by atoms with Crippen LogP contribution in [0.5, 0.6) is 0 Å². The summed E-state index contributed by atoms with van der Waals surface area (Å²) in [7, 11) is 3.34. The van der Waals surface area contributed by atoms with Gasteiger partial charge < -0.3 is 4.90 Å². The quantitative estimate of drug-likeness (QED) is 0.757. The van der Waals surface area contributed by atoms with Crippen LogP contribution in [0.1, 0.15) is 42.3 Å².